The first-order valence-electron chi connectivity index (χ1n) is 5.89. The molecule has 0 aromatic carbocycles. The number of hydrogen-bond acceptors (Lipinski definition) is 4. The zero-order chi connectivity index (χ0) is 12.1. The minimum atomic E-state index is 0.549. The van der Waals surface area contributed by atoms with Gasteiger partial charge in [0, 0.05) is 24.9 Å². The third-order valence-corrected chi connectivity index (χ3v) is 2.66. The molecule has 5 heteroatoms. The van der Waals surface area contributed by atoms with Gasteiger partial charge in [0.2, 0.25) is 0 Å². The number of nitrogens with two attached hydrogens (primary N) is 1. The Hall–Kier alpha value is -1.91. The molecule has 0 unspecified atom stereocenters. The second kappa shape index (κ2) is 5.43. The Balaban J connectivity index is 2.04. The molecule has 0 bridgehead atoms. The Morgan fingerprint density at radius 3 is 2.88 bits per heavy atom. The molecule has 90 valence electrons. The first-order chi connectivity index (χ1) is 8.31. The SMILES string of the molecule is CCCc1c(N)nnn1CCc1ccccn1. The van der Waals surface area contributed by atoms with Crippen LogP contribution in [0.2, 0.25) is 0 Å². The number of hydrogen-bond donors (Lipinski definition) is 1. The zero-order valence-corrected chi connectivity index (χ0v) is 10.0. The van der Waals surface area contributed by atoms with E-state index < -0.39 is 0 Å². The quantitative estimate of drug-likeness (QED) is 0.845. The van der Waals surface area contributed by atoms with Gasteiger partial charge >= 0.3 is 0 Å². The van der Waals surface area contributed by atoms with Gasteiger partial charge in [-0.15, -0.1) is 5.10 Å². The van der Waals surface area contributed by atoms with E-state index in [0.717, 1.165) is 37.2 Å². The van der Waals surface area contributed by atoms with Gasteiger partial charge in [-0.2, -0.15) is 0 Å². The summed E-state index contributed by atoms with van der Waals surface area (Å²) in [6, 6.07) is 5.92. The van der Waals surface area contributed by atoms with Gasteiger partial charge in [0.25, 0.3) is 0 Å². The molecule has 0 saturated carbocycles. The number of aromatic nitrogens is 4. The van der Waals surface area contributed by atoms with Crippen molar-refractivity contribution in [3.8, 4) is 0 Å². The van der Waals surface area contributed by atoms with E-state index in [9.17, 15) is 0 Å². The summed E-state index contributed by atoms with van der Waals surface area (Å²) in [6.45, 7) is 2.89. The number of anilines is 1. The van der Waals surface area contributed by atoms with Crippen molar-refractivity contribution < 1.29 is 0 Å². The molecule has 2 aromatic rings. The maximum atomic E-state index is 5.79. The lowest BCUT2D eigenvalue weighted by molar-refractivity contribution is 0.557. The van der Waals surface area contributed by atoms with Crippen molar-refractivity contribution in [3.05, 3.63) is 35.8 Å². The maximum Gasteiger partial charge on any atom is 0.169 e. The molecule has 0 aliphatic heterocycles. The zero-order valence-electron chi connectivity index (χ0n) is 10.0. The minimum absolute atomic E-state index is 0.549. The van der Waals surface area contributed by atoms with Crippen LogP contribution in [-0.4, -0.2) is 20.0 Å². The lowest BCUT2D eigenvalue weighted by atomic mass is 10.2. The largest absolute Gasteiger partial charge is 0.381 e. The summed E-state index contributed by atoms with van der Waals surface area (Å²) < 4.78 is 1.88. The van der Waals surface area contributed by atoms with Gasteiger partial charge in [-0.25, -0.2) is 4.68 Å². The number of rotatable bonds is 5. The van der Waals surface area contributed by atoms with Crippen LogP contribution in [0.3, 0.4) is 0 Å². The molecule has 17 heavy (non-hydrogen) atoms. The number of nitrogen functional groups attached to an aromatic ring is 1. The van der Waals surface area contributed by atoms with Crippen LogP contribution in [0.25, 0.3) is 0 Å². The van der Waals surface area contributed by atoms with E-state index in [2.05, 4.69) is 22.2 Å². The summed E-state index contributed by atoms with van der Waals surface area (Å²) in [5, 5.41) is 7.98. The van der Waals surface area contributed by atoms with Crippen molar-refractivity contribution in [2.75, 3.05) is 5.73 Å². The smallest absolute Gasteiger partial charge is 0.169 e. The van der Waals surface area contributed by atoms with Crippen molar-refractivity contribution in [1.82, 2.24) is 20.0 Å². The summed E-state index contributed by atoms with van der Waals surface area (Å²) in [5.41, 5.74) is 7.88. The summed E-state index contributed by atoms with van der Waals surface area (Å²) >= 11 is 0. The summed E-state index contributed by atoms with van der Waals surface area (Å²) in [7, 11) is 0. The Bertz CT molecular complexity index is 463. The second-order valence-corrected chi connectivity index (χ2v) is 3.97. The van der Waals surface area contributed by atoms with Gasteiger partial charge in [-0.1, -0.05) is 24.6 Å². The lowest BCUT2D eigenvalue weighted by Crippen LogP contribution is -2.09. The molecule has 2 N–H and O–H groups in total. The van der Waals surface area contributed by atoms with Crippen LogP contribution in [0, 0.1) is 0 Å². The highest BCUT2D eigenvalue weighted by atomic mass is 15.4. The molecular weight excluding hydrogens is 214 g/mol. The highest BCUT2D eigenvalue weighted by molar-refractivity contribution is 5.32. The number of pyridine rings is 1. The molecule has 2 heterocycles. The third kappa shape index (κ3) is 2.81. The molecule has 0 atom stereocenters. The Kier molecular flexibility index (Phi) is 3.69. The molecule has 0 spiro atoms. The van der Waals surface area contributed by atoms with Gasteiger partial charge in [-0.3, -0.25) is 4.98 Å². The van der Waals surface area contributed by atoms with Gasteiger partial charge < -0.3 is 5.73 Å². The first kappa shape index (κ1) is 11.6. The molecule has 0 saturated heterocycles. The average molecular weight is 231 g/mol. The molecule has 0 fully saturated rings. The van der Waals surface area contributed by atoms with E-state index in [1.807, 2.05) is 22.9 Å². The van der Waals surface area contributed by atoms with E-state index >= 15 is 0 Å². The number of aryl methyl sites for hydroxylation is 2. The Morgan fingerprint density at radius 1 is 1.29 bits per heavy atom. The molecule has 0 aliphatic rings. The van der Waals surface area contributed by atoms with Crippen LogP contribution in [0.5, 0.6) is 0 Å². The van der Waals surface area contributed by atoms with Crippen molar-refractivity contribution in [3.63, 3.8) is 0 Å². The lowest BCUT2D eigenvalue weighted by Gasteiger charge is -2.05. The topological polar surface area (TPSA) is 69.6 Å². The molecule has 2 rings (SSSR count). The van der Waals surface area contributed by atoms with Gasteiger partial charge in [-0.05, 0) is 18.6 Å². The molecule has 2 aromatic heterocycles. The predicted molar refractivity (Wildman–Crippen MR) is 66.4 cm³/mol. The average Bonchev–Trinajstić information content (AvgIpc) is 2.70. The third-order valence-electron chi connectivity index (χ3n) is 2.66. The van der Waals surface area contributed by atoms with Gasteiger partial charge in [0.05, 0.1) is 5.69 Å². The Morgan fingerprint density at radius 2 is 2.18 bits per heavy atom. The van der Waals surface area contributed by atoms with Crippen LogP contribution < -0.4 is 5.73 Å². The van der Waals surface area contributed by atoms with Crippen molar-refractivity contribution in [1.29, 1.82) is 0 Å². The molecule has 5 nitrogen and oxygen atoms in total. The summed E-state index contributed by atoms with van der Waals surface area (Å²) in [5.74, 6) is 0.549. The van der Waals surface area contributed by atoms with E-state index in [1.165, 1.54) is 0 Å². The van der Waals surface area contributed by atoms with Crippen LogP contribution in [0.1, 0.15) is 24.7 Å². The van der Waals surface area contributed by atoms with Crippen molar-refractivity contribution in [2.24, 2.45) is 0 Å². The van der Waals surface area contributed by atoms with Crippen LogP contribution in [-0.2, 0) is 19.4 Å². The predicted octanol–water partition coefficient (Wildman–Crippen LogP) is 1.45. The highest BCUT2D eigenvalue weighted by Crippen LogP contribution is 2.10. The van der Waals surface area contributed by atoms with E-state index in [0.29, 0.717) is 5.82 Å². The molecule has 0 amide bonds. The minimum Gasteiger partial charge on any atom is -0.381 e. The Labute approximate surface area is 101 Å². The van der Waals surface area contributed by atoms with Crippen LogP contribution in [0.15, 0.2) is 24.4 Å². The first-order valence-corrected chi connectivity index (χ1v) is 5.89. The van der Waals surface area contributed by atoms with Gasteiger partial charge in [0.1, 0.15) is 0 Å². The standard InChI is InChI=1S/C12H17N5/c1-2-5-11-12(13)15-16-17(11)9-7-10-6-3-4-8-14-10/h3-4,6,8H,2,5,7,9,13H2,1H3. The fourth-order valence-corrected chi connectivity index (χ4v) is 1.79. The molecule has 0 radical (unpaired) electrons. The fourth-order valence-electron chi connectivity index (χ4n) is 1.79. The monoisotopic (exact) mass is 231 g/mol. The maximum absolute atomic E-state index is 5.79. The summed E-state index contributed by atoms with van der Waals surface area (Å²) in [4.78, 5) is 4.28. The van der Waals surface area contributed by atoms with E-state index in [4.69, 9.17) is 5.73 Å². The highest BCUT2D eigenvalue weighted by Gasteiger charge is 2.08. The molecular formula is C12H17N5. The second-order valence-electron chi connectivity index (χ2n) is 3.97. The van der Waals surface area contributed by atoms with Crippen LogP contribution in [0.4, 0.5) is 5.82 Å². The summed E-state index contributed by atoms with van der Waals surface area (Å²) in [6.07, 6.45) is 4.61. The van der Waals surface area contributed by atoms with E-state index in [-0.39, 0.29) is 0 Å². The number of nitrogens with zero attached hydrogens (tertiary/aromatic N) is 4. The molecule has 0 aliphatic carbocycles. The fraction of sp³-hybridized carbons (Fsp3) is 0.417. The van der Waals surface area contributed by atoms with E-state index in [1.54, 1.807) is 6.20 Å². The normalized spacial score (nSPS) is 10.6. The van der Waals surface area contributed by atoms with Gasteiger partial charge in [0.15, 0.2) is 5.82 Å². The van der Waals surface area contributed by atoms with Crippen molar-refractivity contribution in [2.45, 2.75) is 32.7 Å². The van der Waals surface area contributed by atoms with Crippen molar-refractivity contribution >= 4 is 5.82 Å². The van der Waals surface area contributed by atoms with Crippen LogP contribution >= 0.6 is 0 Å².